The number of hydrogen-bond acceptors (Lipinski definition) is 5. The van der Waals surface area contributed by atoms with Crippen molar-refractivity contribution in [2.24, 2.45) is 5.92 Å². The minimum Gasteiger partial charge on any atom is -0.352 e. The standard InChI is InChI=1S/C19H24N4O2S/c1-3-11-23-18(25)14-8-6-10-20-17(14)22-19(23)26-12-16(24)21-15-9-5-4-7-13(15)2/h3,6,8,10,13,15H,1,4-5,7,9,11-12H2,2H3,(H,21,24)/t13-,15-/m0/s1. The van der Waals surface area contributed by atoms with E-state index in [2.05, 4.69) is 28.8 Å². The molecule has 7 heteroatoms. The first-order valence-corrected chi connectivity index (χ1v) is 9.97. The van der Waals surface area contributed by atoms with Crippen molar-refractivity contribution in [2.45, 2.75) is 50.4 Å². The summed E-state index contributed by atoms with van der Waals surface area (Å²) >= 11 is 1.27. The normalized spacial score (nSPS) is 20.0. The molecule has 1 aliphatic rings. The van der Waals surface area contributed by atoms with E-state index in [-0.39, 0.29) is 23.3 Å². The Morgan fingerprint density at radius 1 is 1.46 bits per heavy atom. The van der Waals surface area contributed by atoms with Gasteiger partial charge in [-0.25, -0.2) is 9.97 Å². The van der Waals surface area contributed by atoms with Crippen LogP contribution in [0.5, 0.6) is 0 Å². The average molecular weight is 372 g/mol. The zero-order valence-corrected chi connectivity index (χ0v) is 15.8. The monoisotopic (exact) mass is 372 g/mol. The molecule has 2 heterocycles. The first-order valence-electron chi connectivity index (χ1n) is 8.98. The lowest BCUT2D eigenvalue weighted by Crippen LogP contribution is -2.41. The molecule has 1 amide bonds. The minimum atomic E-state index is -0.160. The second-order valence-corrected chi connectivity index (χ2v) is 7.64. The number of carbonyl (C=O) groups excluding carboxylic acids is 1. The van der Waals surface area contributed by atoms with Crippen LogP contribution in [0.2, 0.25) is 0 Å². The van der Waals surface area contributed by atoms with Crippen LogP contribution in [0, 0.1) is 5.92 Å². The molecule has 0 bridgehead atoms. The van der Waals surface area contributed by atoms with Crippen molar-refractivity contribution in [1.82, 2.24) is 19.9 Å². The van der Waals surface area contributed by atoms with Crippen molar-refractivity contribution in [3.8, 4) is 0 Å². The quantitative estimate of drug-likeness (QED) is 0.479. The number of thioether (sulfide) groups is 1. The fourth-order valence-corrected chi connectivity index (χ4v) is 4.15. The summed E-state index contributed by atoms with van der Waals surface area (Å²) in [5.74, 6) is 0.722. The van der Waals surface area contributed by atoms with Gasteiger partial charge in [0.1, 0.15) is 0 Å². The molecule has 0 spiro atoms. The number of hydrogen-bond donors (Lipinski definition) is 1. The van der Waals surface area contributed by atoms with Crippen LogP contribution >= 0.6 is 11.8 Å². The van der Waals surface area contributed by atoms with Gasteiger partial charge in [-0.3, -0.25) is 14.2 Å². The number of carbonyl (C=O) groups is 1. The van der Waals surface area contributed by atoms with Crippen molar-refractivity contribution >= 4 is 28.7 Å². The Labute approximate surface area is 157 Å². The molecule has 2 aromatic heterocycles. The highest BCUT2D eigenvalue weighted by Crippen LogP contribution is 2.24. The molecular formula is C19H24N4O2S. The van der Waals surface area contributed by atoms with E-state index >= 15 is 0 Å². The van der Waals surface area contributed by atoms with Gasteiger partial charge in [0.15, 0.2) is 10.8 Å². The topological polar surface area (TPSA) is 76.9 Å². The van der Waals surface area contributed by atoms with Gasteiger partial charge >= 0.3 is 0 Å². The van der Waals surface area contributed by atoms with Gasteiger partial charge in [0.2, 0.25) is 5.91 Å². The van der Waals surface area contributed by atoms with Gasteiger partial charge in [0.05, 0.1) is 11.1 Å². The molecule has 0 saturated heterocycles. The van der Waals surface area contributed by atoms with Gasteiger partial charge < -0.3 is 5.32 Å². The van der Waals surface area contributed by atoms with Crippen LogP contribution in [-0.2, 0) is 11.3 Å². The summed E-state index contributed by atoms with van der Waals surface area (Å²) in [5.41, 5.74) is 0.244. The van der Waals surface area contributed by atoms with Crippen LogP contribution in [0.15, 0.2) is 40.9 Å². The summed E-state index contributed by atoms with van der Waals surface area (Å²) in [6.45, 7) is 6.25. The van der Waals surface area contributed by atoms with Gasteiger partial charge in [0, 0.05) is 18.8 Å². The number of nitrogens with zero attached hydrogens (tertiary/aromatic N) is 3. The van der Waals surface area contributed by atoms with Crippen molar-refractivity contribution in [1.29, 1.82) is 0 Å². The highest BCUT2D eigenvalue weighted by Gasteiger charge is 2.23. The zero-order chi connectivity index (χ0) is 18.5. The molecule has 138 valence electrons. The molecule has 2 aromatic rings. The summed E-state index contributed by atoms with van der Waals surface area (Å²) in [6.07, 6.45) is 7.87. The van der Waals surface area contributed by atoms with Crippen LogP contribution in [0.3, 0.4) is 0 Å². The van der Waals surface area contributed by atoms with E-state index < -0.39 is 0 Å². The molecular weight excluding hydrogens is 348 g/mol. The zero-order valence-electron chi connectivity index (χ0n) is 15.0. The Morgan fingerprint density at radius 2 is 2.27 bits per heavy atom. The summed E-state index contributed by atoms with van der Waals surface area (Å²) in [6, 6.07) is 3.68. The molecule has 0 aromatic carbocycles. The summed E-state index contributed by atoms with van der Waals surface area (Å²) < 4.78 is 1.54. The number of fused-ring (bicyclic) bond motifs is 1. The van der Waals surface area contributed by atoms with Crippen molar-refractivity contribution in [3.05, 3.63) is 41.3 Å². The van der Waals surface area contributed by atoms with Gasteiger partial charge in [0.25, 0.3) is 5.56 Å². The second kappa shape index (κ2) is 8.49. The van der Waals surface area contributed by atoms with Crippen molar-refractivity contribution in [3.63, 3.8) is 0 Å². The van der Waals surface area contributed by atoms with Crippen molar-refractivity contribution < 1.29 is 4.79 Å². The van der Waals surface area contributed by atoms with Crippen LogP contribution < -0.4 is 10.9 Å². The highest BCUT2D eigenvalue weighted by molar-refractivity contribution is 7.99. The van der Waals surface area contributed by atoms with E-state index in [1.54, 1.807) is 24.4 Å². The van der Waals surface area contributed by atoms with Gasteiger partial charge in [-0.1, -0.05) is 37.6 Å². The number of amides is 1. The van der Waals surface area contributed by atoms with Gasteiger partial charge in [-0.2, -0.15) is 0 Å². The number of rotatable bonds is 6. The predicted molar refractivity (Wildman–Crippen MR) is 104 cm³/mol. The summed E-state index contributed by atoms with van der Waals surface area (Å²) in [7, 11) is 0. The predicted octanol–water partition coefficient (Wildman–Crippen LogP) is 2.76. The molecule has 6 nitrogen and oxygen atoms in total. The van der Waals surface area contributed by atoms with E-state index in [4.69, 9.17) is 0 Å². The third-order valence-electron chi connectivity index (χ3n) is 4.80. The highest BCUT2D eigenvalue weighted by atomic mass is 32.2. The van der Waals surface area contributed by atoms with Crippen LogP contribution in [-0.4, -0.2) is 32.2 Å². The van der Waals surface area contributed by atoms with Gasteiger partial charge in [-0.05, 0) is 30.9 Å². The first kappa shape index (κ1) is 18.6. The maximum Gasteiger partial charge on any atom is 0.263 e. The maximum absolute atomic E-state index is 12.7. The molecule has 1 saturated carbocycles. The lowest BCUT2D eigenvalue weighted by molar-refractivity contribution is -0.119. The fourth-order valence-electron chi connectivity index (χ4n) is 3.35. The number of aromatic nitrogens is 3. The maximum atomic E-state index is 12.7. The number of allylic oxidation sites excluding steroid dienone is 1. The Hall–Kier alpha value is -2.15. The fraction of sp³-hybridized carbons (Fsp3) is 0.474. The SMILES string of the molecule is C=CCn1c(SCC(=O)N[C@H]2CCCC[C@@H]2C)nc2ncccc2c1=O. The molecule has 1 N–H and O–H groups in total. The molecule has 0 unspecified atom stereocenters. The molecule has 0 radical (unpaired) electrons. The molecule has 0 aliphatic heterocycles. The first-order chi connectivity index (χ1) is 12.6. The molecule has 2 atom stereocenters. The molecule has 26 heavy (non-hydrogen) atoms. The van der Waals surface area contributed by atoms with E-state index in [9.17, 15) is 9.59 Å². The van der Waals surface area contributed by atoms with E-state index in [1.807, 2.05) is 0 Å². The van der Waals surface area contributed by atoms with E-state index in [0.717, 1.165) is 12.8 Å². The summed E-state index contributed by atoms with van der Waals surface area (Å²) in [5, 5.41) is 4.10. The average Bonchev–Trinajstić information content (AvgIpc) is 2.64. The Morgan fingerprint density at radius 3 is 3.04 bits per heavy atom. The van der Waals surface area contributed by atoms with Crippen LogP contribution in [0.1, 0.15) is 32.6 Å². The lowest BCUT2D eigenvalue weighted by atomic mass is 9.86. The smallest absolute Gasteiger partial charge is 0.263 e. The third kappa shape index (κ3) is 4.15. The van der Waals surface area contributed by atoms with Crippen LogP contribution in [0.4, 0.5) is 0 Å². The third-order valence-corrected chi connectivity index (χ3v) is 5.77. The molecule has 1 aliphatic carbocycles. The number of nitrogens with one attached hydrogen (secondary N) is 1. The Bertz CT molecular complexity index is 864. The minimum absolute atomic E-state index is 0.0192. The molecule has 1 fully saturated rings. The Kier molecular flexibility index (Phi) is 6.08. The largest absolute Gasteiger partial charge is 0.352 e. The molecule has 3 rings (SSSR count). The lowest BCUT2D eigenvalue weighted by Gasteiger charge is -2.29. The second-order valence-electron chi connectivity index (χ2n) is 6.70. The summed E-state index contributed by atoms with van der Waals surface area (Å²) in [4.78, 5) is 33.7. The Balaban J connectivity index is 1.75. The number of pyridine rings is 1. The van der Waals surface area contributed by atoms with E-state index in [1.165, 1.54) is 29.2 Å². The van der Waals surface area contributed by atoms with E-state index in [0.29, 0.717) is 28.7 Å². The van der Waals surface area contributed by atoms with Crippen molar-refractivity contribution in [2.75, 3.05) is 5.75 Å². The van der Waals surface area contributed by atoms with Gasteiger partial charge in [-0.15, -0.1) is 6.58 Å². The van der Waals surface area contributed by atoms with Crippen LogP contribution in [0.25, 0.3) is 11.0 Å².